The van der Waals surface area contributed by atoms with E-state index in [4.69, 9.17) is 0 Å². The summed E-state index contributed by atoms with van der Waals surface area (Å²) in [5.74, 6) is -0.211. The maximum atomic E-state index is 13.2. The Bertz CT molecular complexity index is 363. The lowest BCUT2D eigenvalue weighted by molar-refractivity contribution is -0.129. The van der Waals surface area contributed by atoms with Crippen LogP contribution in [0.5, 0.6) is 0 Å². The van der Waals surface area contributed by atoms with E-state index in [1.165, 1.54) is 13.0 Å². The summed E-state index contributed by atoms with van der Waals surface area (Å²) in [5, 5.41) is 0. The molecule has 0 fully saturated rings. The van der Waals surface area contributed by atoms with Crippen LogP contribution < -0.4 is 0 Å². The van der Waals surface area contributed by atoms with Crippen molar-refractivity contribution in [1.29, 1.82) is 0 Å². The van der Waals surface area contributed by atoms with Crippen LogP contribution in [0.15, 0.2) is 18.2 Å². The molecule has 1 aliphatic rings. The highest BCUT2D eigenvalue weighted by atomic mass is 19.1. The number of fused-ring (bicyclic) bond motifs is 1. The Labute approximate surface area is 89.7 Å². The molecule has 0 unspecified atom stereocenters. The summed E-state index contributed by atoms with van der Waals surface area (Å²) in [6.45, 7) is 6.46. The second kappa shape index (κ2) is 4.91. The van der Waals surface area contributed by atoms with Gasteiger partial charge >= 0.3 is 0 Å². The van der Waals surface area contributed by atoms with E-state index in [-0.39, 0.29) is 11.7 Å². The smallest absolute Gasteiger partial charge is 0.220 e. The number of hydrogen-bond acceptors (Lipinski definition) is 1. The number of amides is 1. The number of halogens is 1. The van der Waals surface area contributed by atoms with Crippen molar-refractivity contribution in [2.75, 3.05) is 0 Å². The molecule has 1 aromatic carbocycles. The number of carbonyl (C=O) groups is 1. The van der Waals surface area contributed by atoms with E-state index in [9.17, 15) is 9.18 Å². The topological polar surface area (TPSA) is 20.3 Å². The van der Waals surface area contributed by atoms with Gasteiger partial charge in [-0.15, -0.1) is 0 Å². The summed E-state index contributed by atoms with van der Waals surface area (Å²) >= 11 is 0. The van der Waals surface area contributed by atoms with Crippen molar-refractivity contribution >= 4 is 5.91 Å². The van der Waals surface area contributed by atoms with Crippen molar-refractivity contribution in [2.24, 2.45) is 0 Å². The Morgan fingerprint density at radius 3 is 2.53 bits per heavy atom. The summed E-state index contributed by atoms with van der Waals surface area (Å²) in [6.07, 6.45) is 0. The Kier molecular flexibility index (Phi) is 3.83. The molecule has 1 amide bonds. The third-order valence-electron chi connectivity index (χ3n) is 2.37. The van der Waals surface area contributed by atoms with Gasteiger partial charge in [0.1, 0.15) is 5.82 Å². The van der Waals surface area contributed by atoms with Gasteiger partial charge in [0.2, 0.25) is 5.91 Å². The highest BCUT2D eigenvalue weighted by Gasteiger charge is 2.22. The first kappa shape index (κ1) is 11.7. The minimum atomic E-state index is -0.207. The van der Waals surface area contributed by atoms with E-state index >= 15 is 0 Å². The van der Waals surface area contributed by atoms with Crippen LogP contribution in [0.25, 0.3) is 0 Å². The molecule has 3 heteroatoms. The zero-order valence-corrected chi connectivity index (χ0v) is 9.38. The number of rotatable bonds is 0. The van der Waals surface area contributed by atoms with Crippen LogP contribution in [0, 0.1) is 5.82 Å². The predicted octanol–water partition coefficient (Wildman–Crippen LogP) is 2.71. The Morgan fingerprint density at radius 2 is 2.00 bits per heavy atom. The molecular weight excluding hydrogens is 193 g/mol. The molecule has 82 valence electrons. The monoisotopic (exact) mass is 209 g/mol. The van der Waals surface area contributed by atoms with Crippen LogP contribution in [-0.2, 0) is 17.9 Å². The van der Waals surface area contributed by atoms with Gasteiger partial charge in [0, 0.05) is 25.6 Å². The fourth-order valence-electron chi connectivity index (χ4n) is 1.60. The molecule has 1 aromatic rings. The summed E-state index contributed by atoms with van der Waals surface area (Å²) in [5.41, 5.74) is 1.59. The molecule has 0 saturated heterocycles. The minimum absolute atomic E-state index is 0.00407. The van der Waals surface area contributed by atoms with Gasteiger partial charge in [0.25, 0.3) is 0 Å². The lowest BCUT2D eigenvalue weighted by Crippen LogP contribution is -2.21. The summed E-state index contributed by atoms with van der Waals surface area (Å²) in [4.78, 5) is 12.7. The summed E-state index contributed by atoms with van der Waals surface area (Å²) < 4.78 is 13.2. The van der Waals surface area contributed by atoms with Crippen molar-refractivity contribution in [1.82, 2.24) is 4.90 Å². The fourth-order valence-corrected chi connectivity index (χ4v) is 1.60. The van der Waals surface area contributed by atoms with Gasteiger partial charge in [0.05, 0.1) is 0 Å². The van der Waals surface area contributed by atoms with E-state index in [0.29, 0.717) is 18.7 Å². The standard InChI is InChI=1S/C10H10FNO.C2H6/c1-7(13)12-5-8-3-2-4-10(11)9(8)6-12;1-2/h2-4H,5-6H2,1H3;1-2H3. The molecule has 0 saturated carbocycles. The zero-order valence-electron chi connectivity index (χ0n) is 9.38. The molecule has 0 bridgehead atoms. The fraction of sp³-hybridized carbons (Fsp3) is 0.417. The second-order valence-corrected chi connectivity index (χ2v) is 3.25. The van der Waals surface area contributed by atoms with Gasteiger partial charge in [-0.1, -0.05) is 26.0 Å². The van der Waals surface area contributed by atoms with E-state index in [1.807, 2.05) is 19.9 Å². The highest BCUT2D eigenvalue weighted by molar-refractivity contribution is 5.74. The quantitative estimate of drug-likeness (QED) is 0.643. The molecular formula is C12H16FNO. The molecule has 0 atom stereocenters. The third kappa shape index (κ3) is 2.35. The van der Waals surface area contributed by atoms with Crippen molar-refractivity contribution < 1.29 is 9.18 Å². The predicted molar refractivity (Wildman–Crippen MR) is 57.7 cm³/mol. The minimum Gasteiger partial charge on any atom is -0.334 e. The van der Waals surface area contributed by atoms with Crippen LogP contribution in [0.2, 0.25) is 0 Å². The maximum Gasteiger partial charge on any atom is 0.220 e. The Morgan fingerprint density at radius 1 is 1.33 bits per heavy atom. The second-order valence-electron chi connectivity index (χ2n) is 3.25. The highest BCUT2D eigenvalue weighted by Crippen LogP contribution is 2.24. The van der Waals surface area contributed by atoms with Crippen LogP contribution in [-0.4, -0.2) is 10.8 Å². The molecule has 1 aliphatic heterocycles. The zero-order chi connectivity index (χ0) is 11.4. The SMILES string of the molecule is CC.CC(=O)N1Cc2cccc(F)c2C1. The van der Waals surface area contributed by atoms with Gasteiger partial charge in [0.15, 0.2) is 0 Å². The first-order valence-corrected chi connectivity index (χ1v) is 5.20. The third-order valence-corrected chi connectivity index (χ3v) is 2.37. The van der Waals surface area contributed by atoms with Crippen LogP contribution in [0.3, 0.4) is 0 Å². The molecule has 2 nitrogen and oxygen atoms in total. The van der Waals surface area contributed by atoms with Gasteiger partial charge in [-0.05, 0) is 11.6 Å². The van der Waals surface area contributed by atoms with E-state index in [0.717, 1.165) is 5.56 Å². The van der Waals surface area contributed by atoms with Crippen LogP contribution in [0.4, 0.5) is 4.39 Å². The average Bonchev–Trinajstić information content (AvgIpc) is 2.66. The molecule has 0 radical (unpaired) electrons. The molecule has 0 spiro atoms. The number of nitrogens with zero attached hydrogens (tertiary/aromatic N) is 1. The van der Waals surface area contributed by atoms with Crippen LogP contribution in [0.1, 0.15) is 31.9 Å². The first-order valence-electron chi connectivity index (χ1n) is 5.20. The summed E-state index contributed by atoms with van der Waals surface area (Å²) in [6, 6.07) is 4.97. The Hall–Kier alpha value is -1.38. The van der Waals surface area contributed by atoms with E-state index < -0.39 is 0 Å². The number of carbonyl (C=O) groups excluding carboxylic acids is 1. The summed E-state index contributed by atoms with van der Waals surface area (Å²) in [7, 11) is 0. The van der Waals surface area contributed by atoms with Crippen molar-refractivity contribution in [3.05, 3.63) is 35.1 Å². The van der Waals surface area contributed by atoms with Gasteiger partial charge < -0.3 is 4.90 Å². The molecule has 1 heterocycles. The van der Waals surface area contributed by atoms with Gasteiger partial charge in [-0.25, -0.2) is 4.39 Å². The maximum absolute atomic E-state index is 13.2. The van der Waals surface area contributed by atoms with Gasteiger partial charge in [-0.2, -0.15) is 0 Å². The van der Waals surface area contributed by atoms with Crippen molar-refractivity contribution in [3.63, 3.8) is 0 Å². The number of hydrogen-bond donors (Lipinski definition) is 0. The Balaban J connectivity index is 0.000000531. The number of benzene rings is 1. The van der Waals surface area contributed by atoms with Crippen molar-refractivity contribution in [3.8, 4) is 0 Å². The van der Waals surface area contributed by atoms with E-state index in [2.05, 4.69) is 0 Å². The lowest BCUT2D eigenvalue weighted by atomic mass is 10.1. The van der Waals surface area contributed by atoms with E-state index in [1.54, 1.807) is 11.0 Å². The molecule has 0 N–H and O–H groups in total. The normalized spacial score (nSPS) is 12.9. The largest absolute Gasteiger partial charge is 0.334 e. The molecule has 15 heavy (non-hydrogen) atoms. The van der Waals surface area contributed by atoms with Gasteiger partial charge in [-0.3, -0.25) is 4.79 Å². The lowest BCUT2D eigenvalue weighted by Gasteiger charge is -2.11. The molecule has 0 aliphatic carbocycles. The van der Waals surface area contributed by atoms with Crippen molar-refractivity contribution in [2.45, 2.75) is 33.9 Å². The average molecular weight is 209 g/mol. The van der Waals surface area contributed by atoms with Crippen LogP contribution >= 0.6 is 0 Å². The first-order chi connectivity index (χ1) is 7.18. The molecule has 0 aromatic heterocycles. The molecule has 2 rings (SSSR count).